The number of aryl methyl sites for hydroxylation is 1. The maximum Gasteiger partial charge on any atom is 0.244 e. The highest BCUT2D eigenvalue weighted by atomic mass is 35.5. The van der Waals surface area contributed by atoms with Crippen LogP contribution in [0.2, 0.25) is 5.02 Å². The second kappa shape index (κ2) is 6.87. The topological polar surface area (TPSA) is 62.7 Å². The van der Waals surface area contributed by atoms with Gasteiger partial charge in [-0.05, 0) is 43.3 Å². The van der Waals surface area contributed by atoms with E-state index in [4.69, 9.17) is 23.8 Å². The van der Waals surface area contributed by atoms with E-state index in [0.29, 0.717) is 15.5 Å². The molecule has 5 nitrogen and oxygen atoms in total. The molecule has 0 saturated carbocycles. The molecular formula is C14H17ClN4OS. The first-order valence-corrected chi connectivity index (χ1v) is 7.50. The molecular weight excluding hydrogens is 308 g/mol. The van der Waals surface area contributed by atoms with Crippen molar-refractivity contribution in [2.75, 3.05) is 5.32 Å². The van der Waals surface area contributed by atoms with Crippen molar-refractivity contribution in [2.45, 2.75) is 33.2 Å². The lowest BCUT2D eigenvalue weighted by Crippen LogP contribution is -2.20. The Morgan fingerprint density at radius 2 is 2.29 bits per heavy atom. The molecule has 2 N–H and O–H groups in total. The minimum absolute atomic E-state index is 0.136. The normalized spacial score (nSPS) is 10.6. The SMILES string of the molecule is CCCc1n[nH]c(=S)n1CC(=O)Nc1cccc(Cl)c1C. The summed E-state index contributed by atoms with van der Waals surface area (Å²) in [5, 5.41) is 10.3. The van der Waals surface area contributed by atoms with Gasteiger partial charge in [0.1, 0.15) is 12.4 Å². The number of carbonyl (C=O) groups is 1. The van der Waals surface area contributed by atoms with Crippen molar-refractivity contribution in [3.63, 3.8) is 0 Å². The van der Waals surface area contributed by atoms with Crippen LogP contribution in [0.15, 0.2) is 18.2 Å². The Balaban J connectivity index is 2.14. The molecule has 0 unspecified atom stereocenters. The van der Waals surface area contributed by atoms with Crippen LogP contribution in [0.3, 0.4) is 0 Å². The molecule has 1 aromatic carbocycles. The van der Waals surface area contributed by atoms with Crippen molar-refractivity contribution >= 4 is 35.4 Å². The minimum Gasteiger partial charge on any atom is -0.324 e. The molecule has 0 atom stereocenters. The Morgan fingerprint density at radius 1 is 1.52 bits per heavy atom. The number of rotatable bonds is 5. The fraction of sp³-hybridized carbons (Fsp3) is 0.357. The Kier molecular flexibility index (Phi) is 5.14. The number of aromatic amines is 1. The van der Waals surface area contributed by atoms with Crippen LogP contribution in [0.5, 0.6) is 0 Å². The molecule has 0 radical (unpaired) electrons. The van der Waals surface area contributed by atoms with E-state index in [-0.39, 0.29) is 12.5 Å². The monoisotopic (exact) mass is 324 g/mol. The van der Waals surface area contributed by atoms with Crippen molar-refractivity contribution in [2.24, 2.45) is 0 Å². The second-order valence-electron chi connectivity index (χ2n) is 4.74. The number of amides is 1. The van der Waals surface area contributed by atoms with E-state index in [1.54, 1.807) is 16.7 Å². The van der Waals surface area contributed by atoms with E-state index in [1.165, 1.54) is 0 Å². The van der Waals surface area contributed by atoms with Gasteiger partial charge in [-0.3, -0.25) is 14.5 Å². The van der Waals surface area contributed by atoms with Crippen molar-refractivity contribution < 1.29 is 4.79 Å². The van der Waals surface area contributed by atoms with Gasteiger partial charge < -0.3 is 5.32 Å². The van der Waals surface area contributed by atoms with E-state index in [0.717, 1.165) is 24.2 Å². The lowest BCUT2D eigenvalue weighted by atomic mass is 10.2. The highest BCUT2D eigenvalue weighted by Crippen LogP contribution is 2.22. The first kappa shape index (κ1) is 15.7. The molecule has 1 aromatic heterocycles. The summed E-state index contributed by atoms with van der Waals surface area (Å²) < 4.78 is 2.17. The molecule has 0 aliphatic heterocycles. The zero-order chi connectivity index (χ0) is 15.4. The molecule has 0 fully saturated rings. The van der Waals surface area contributed by atoms with Gasteiger partial charge in [0.25, 0.3) is 0 Å². The Labute approximate surface area is 133 Å². The van der Waals surface area contributed by atoms with Crippen LogP contribution >= 0.6 is 23.8 Å². The van der Waals surface area contributed by atoms with Crippen molar-refractivity contribution in [1.29, 1.82) is 0 Å². The van der Waals surface area contributed by atoms with Gasteiger partial charge in [0, 0.05) is 17.1 Å². The van der Waals surface area contributed by atoms with Gasteiger partial charge in [-0.15, -0.1) is 0 Å². The summed E-state index contributed by atoms with van der Waals surface area (Å²) >= 11 is 11.2. The summed E-state index contributed by atoms with van der Waals surface area (Å²) in [7, 11) is 0. The minimum atomic E-state index is -0.157. The van der Waals surface area contributed by atoms with Crippen LogP contribution in [-0.4, -0.2) is 20.7 Å². The van der Waals surface area contributed by atoms with Gasteiger partial charge in [-0.25, -0.2) is 0 Å². The van der Waals surface area contributed by atoms with Crippen molar-refractivity contribution in [3.05, 3.63) is 39.4 Å². The van der Waals surface area contributed by atoms with Crippen LogP contribution in [0.1, 0.15) is 24.7 Å². The summed E-state index contributed by atoms with van der Waals surface area (Å²) in [5.74, 6) is 0.635. The summed E-state index contributed by atoms with van der Waals surface area (Å²) in [6.45, 7) is 4.05. The van der Waals surface area contributed by atoms with Crippen LogP contribution < -0.4 is 5.32 Å². The second-order valence-corrected chi connectivity index (χ2v) is 5.54. The van der Waals surface area contributed by atoms with E-state index < -0.39 is 0 Å². The van der Waals surface area contributed by atoms with Gasteiger partial charge in [-0.2, -0.15) is 5.10 Å². The molecule has 2 rings (SSSR count). The Bertz CT molecular complexity index is 707. The number of H-pyrrole nitrogens is 1. The molecule has 0 aliphatic rings. The molecule has 21 heavy (non-hydrogen) atoms. The standard InChI is InChI=1S/C14H17ClN4OS/c1-3-5-12-17-18-14(21)19(12)8-13(20)16-11-7-4-6-10(15)9(11)2/h4,6-7H,3,5,8H2,1-2H3,(H,16,20)(H,18,21). The van der Waals surface area contributed by atoms with Crippen LogP contribution in [-0.2, 0) is 17.8 Å². The van der Waals surface area contributed by atoms with E-state index >= 15 is 0 Å². The van der Waals surface area contributed by atoms with Crippen LogP contribution in [0, 0.1) is 11.7 Å². The van der Waals surface area contributed by atoms with Crippen molar-refractivity contribution in [3.8, 4) is 0 Å². The van der Waals surface area contributed by atoms with Crippen LogP contribution in [0.25, 0.3) is 0 Å². The van der Waals surface area contributed by atoms with E-state index in [2.05, 4.69) is 22.4 Å². The molecule has 1 heterocycles. The number of anilines is 1. The van der Waals surface area contributed by atoms with Crippen molar-refractivity contribution in [1.82, 2.24) is 14.8 Å². The molecule has 0 bridgehead atoms. The molecule has 112 valence electrons. The third-order valence-corrected chi connectivity index (χ3v) is 3.88. The lowest BCUT2D eigenvalue weighted by molar-refractivity contribution is -0.116. The smallest absolute Gasteiger partial charge is 0.244 e. The predicted molar refractivity (Wildman–Crippen MR) is 86.2 cm³/mol. The van der Waals surface area contributed by atoms with Gasteiger partial charge in [0.05, 0.1) is 0 Å². The third-order valence-electron chi connectivity index (χ3n) is 3.15. The number of carbonyl (C=O) groups excluding carboxylic acids is 1. The van der Waals surface area contributed by atoms with Gasteiger partial charge >= 0.3 is 0 Å². The molecule has 2 aromatic rings. The Hall–Kier alpha value is -1.66. The zero-order valence-corrected chi connectivity index (χ0v) is 13.5. The Morgan fingerprint density at radius 3 is 3.00 bits per heavy atom. The number of hydrogen-bond donors (Lipinski definition) is 2. The predicted octanol–water partition coefficient (Wildman–Crippen LogP) is 3.49. The number of halogens is 1. The first-order valence-electron chi connectivity index (χ1n) is 6.72. The fourth-order valence-electron chi connectivity index (χ4n) is 2.00. The maximum absolute atomic E-state index is 12.2. The van der Waals surface area contributed by atoms with Gasteiger partial charge in [0.15, 0.2) is 4.77 Å². The van der Waals surface area contributed by atoms with E-state index in [9.17, 15) is 4.79 Å². The molecule has 1 amide bonds. The number of aromatic nitrogens is 3. The first-order chi connectivity index (χ1) is 10.0. The van der Waals surface area contributed by atoms with Gasteiger partial charge in [-0.1, -0.05) is 24.6 Å². The molecule has 7 heteroatoms. The quantitative estimate of drug-likeness (QED) is 0.827. The average Bonchev–Trinajstić information content (AvgIpc) is 2.77. The molecule has 0 spiro atoms. The number of nitrogens with one attached hydrogen (secondary N) is 2. The largest absolute Gasteiger partial charge is 0.324 e. The van der Waals surface area contributed by atoms with Crippen LogP contribution in [0.4, 0.5) is 5.69 Å². The zero-order valence-electron chi connectivity index (χ0n) is 11.9. The summed E-state index contributed by atoms with van der Waals surface area (Å²) in [6, 6.07) is 5.41. The molecule has 0 aliphatic carbocycles. The number of benzene rings is 1. The summed E-state index contributed by atoms with van der Waals surface area (Å²) in [5.41, 5.74) is 1.55. The fourth-order valence-corrected chi connectivity index (χ4v) is 2.39. The molecule has 0 saturated heterocycles. The summed E-state index contributed by atoms with van der Waals surface area (Å²) in [4.78, 5) is 12.2. The average molecular weight is 325 g/mol. The lowest BCUT2D eigenvalue weighted by Gasteiger charge is -2.10. The maximum atomic E-state index is 12.2. The number of nitrogens with zero attached hydrogens (tertiary/aromatic N) is 2. The third kappa shape index (κ3) is 3.71. The van der Waals surface area contributed by atoms with Gasteiger partial charge in [0.2, 0.25) is 5.91 Å². The highest BCUT2D eigenvalue weighted by molar-refractivity contribution is 7.71. The van der Waals surface area contributed by atoms with E-state index in [1.807, 2.05) is 13.0 Å². The highest BCUT2D eigenvalue weighted by Gasteiger charge is 2.11. The number of hydrogen-bond acceptors (Lipinski definition) is 3. The summed E-state index contributed by atoms with van der Waals surface area (Å²) in [6.07, 6.45) is 1.71.